The molecule has 124 valence electrons. The molecule has 0 atom stereocenters. The molecule has 6 nitrogen and oxygen atoms in total. The maximum Gasteiger partial charge on any atom is 0.323 e. The second-order valence-electron chi connectivity index (χ2n) is 4.98. The molecule has 24 heavy (non-hydrogen) atoms. The van der Waals surface area contributed by atoms with Crippen LogP contribution in [0.1, 0.15) is 23.2 Å². The molecule has 0 radical (unpaired) electrons. The largest absolute Gasteiger partial charge is 0.481 e. The Morgan fingerprint density at radius 1 is 0.833 bits per heavy atom. The number of carbonyl (C=O) groups is 3. The SMILES string of the molecule is O=C(O)CCC(=O)c1ccc(NC(=O)Nc2ccc(Br)cc2)cc1. The molecule has 0 saturated carbocycles. The number of amides is 2. The van der Waals surface area contributed by atoms with Gasteiger partial charge in [0.1, 0.15) is 0 Å². The first-order valence-corrected chi connectivity index (χ1v) is 7.92. The zero-order valence-corrected chi connectivity index (χ0v) is 14.2. The maximum atomic E-state index is 11.9. The van der Waals surface area contributed by atoms with Crippen molar-refractivity contribution in [1.29, 1.82) is 0 Å². The summed E-state index contributed by atoms with van der Waals surface area (Å²) in [5, 5.41) is 13.9. The van der Waals surface area contributed by atoms with E-state index in [1.54, 1.807) is 36.4 Å². The number of urea groups is 1. The van der Waals surface area contributed by atoms with Crippen molar-refractivity contribution in [2.24, 2.45) is 0 Å². The molecule has 0 aliphatic rings. The summed E-state index contributed by atoms with van der Waals surface area (Å²) in [4.78, 5) is 34.2. The van der Waals surface area contributed by atoms with Crippen molar-refractivity contribution in [2.75, 3.05) is 10.6 Å². The normalized spacial score (nSPS) is 10.0. The topological polar surface area (TPSA) is 95.5 Å². The zero-order chi connectivity index (χ0) is 17.5. The average molecular weight is 391 g/mol. The highest BCUT2D eigenvalue weighted by atomic mass is 79.9. The van der Waals surface area contributed by atoms with Crippen LogP contribution in [0, 0.1) is 0 Å². The summed E-state index contributed by atoms with van der Waals surface area (Å²) < 4.78 is 0.914. The first-order chi connectivity index (χ1) is 11.4. The molecule has 0 saturated heterocycles. The quantitative estimate of drug-likeness (QED) is 0.645. The minimum Gasteiger partial charge on any atom is -0.481 e. The molecule has 0 aliphatic heterocycles. The lowest BCUT2D eigenvalue weighted by molar-refractivity contribution is -0.136. The van der Waals surface area contributed by atoms with Crippen LogP contribution in [-0.4, -0.2) is 22.9 Å². The number of halogens is 1. The Hall–Kier alpha value is -2.67. The predicted molar refractivity (Wildman–Crippen MR) is 94.4 cm³/mol. The second kappa shape index (κ2) is 8.26. The summed E-state index contributed by atoms with van der Waals surface area (Å²) >= 11 is 3.31. The number of nitrogens with one attached hydrogen (secondary N) is 2. The third-order valence-electron chi connectivity index (χ3n) is 3.13. The van der Waals surface area contributed by atoms with Gasteiger partial charge in [0.2, 0.25) is 0 Å². The predicted octanol–water partition coefficient (Wildman–Crippen LogP) is 4.14. The molecule has 3 N–H and O–H groups in total. The molecule has 7 heteroatoms. The lowest BCUT2D eigenvalue weighted by Crippen LogP contribution is -2.19. The molecular formula is C17H15BrN2O4. The van der Waals surface area contributed by atoms with Gasteiger partial charge in [-0.15, -0.1) is 0 Å². The summed E-state index contributed by atoms with van der Waals surface area (Å²) in [7, 11) is 0. The average Bonchev–Trinajstić information content (AvgIpc) is 2.55. The van der Waals surface area contributed by atoms with Gasteiger partial charge in [-0.25, -0.2) is 4.79 Å². The number of carbonyl (C=O) groups excluding carboxylic acids is 2. The van der Waals surface area contributed by atoms with E-state index in [1.165, 1.54) is 0 Å². The summed E-state index contributed by atoms with van der Waals surface area (Å²) in [5.74, 6) is -1.26. The molecule has 0 spiro atoms. The lowest BCUT2D eigenvalue weighted by Gasteiger charge is -2.08. The van der Waals surface area contributed by atoms with Crippen molar-refractivity contribution in [3.63, 3.8) is 0 Å². The van der Waals surface area contributed by atoms with Gasteiger partial charge in [-0.3, -0.25) is 9.59 Å². The number of anilines is 2. The van der Waals surface area contributed by atoms with E-state index in [0.717, 1.165) is 4.47 Å². The monoisotopic (exact) mass is 390 g/mol. The van der Waals surface area contributed by atoms with Crippen LogP contribution in [0.25, 0.3) is 0 Å². The number of hydrogen-bond acceptors (Lipinski definition) is 3. The van der Waals surface area contributed by atoms with E-state index in [4.69, 9.17) is 5.11 Å². The first kappa shape index (κ1) is 17.7. The smallest absolute Gasteiger partial charge is 0.323 e. The van der Waals surface area contributed by atoms with Gasteiger partial charge in [0.25, 0.3) is 0 Å². The van der Waals surface area contributed by atoms with Crippen molar-refractivity contribution >= 4 is 45.1 Å². The summed E-state index contributed by atoms with van der Waals surface area (Å²) in [6.07, 6.45) is -0.249. The number of rotatable bonds is 6. The van der Waals surface area contributed by atoms with Crippen LogP contribution in [0.15, 0.2) is 53.0 Å². The highest BCUT2D eigenvalue weighted by Crippen LogP contribution is 2.15. The molecule has 2 aromatic rings. The summed E-state index contributed by atoms with van der Waals surface area (Å²) in [6, 6.07) is 13.0. The van der Waals surface area contributed by atoms with E-state index in [0.29, 0.717) is 16.9 Å². The fourth-order valence-electron chi connectivity index (χ4n) is 1.93. The van der Waals surface area contributed by atoms with Crippen molar-refractivity contribution < 1.29 is 19.5 Å². The third-order valence-corrected chi connectivity index (χ3v) is 3.66. The highest BCUT2D eigenvalue weighted by molar-refractivity contribution is 9.10. The molecule has 0 bridgehead atoms. The van der Waals surface area contributed by atoms with Crippen LogP contribution in [-0.2, 0) is 4.79 Å². The minimum atomic E-state index is -1.01. The summed E-state index contributed by atoms with van der Waals surface area (Å²) in [5.41, 5.74) is 1.59. The highest BCUT2D eigenvalue weighted by Gasteiger charge is 2.09. The van der Waals surface area contributed by atoms with Gasteiger partial charge in [0.15, 0.2) is 5.78 Å². The zero-order valence-electron chi connectivity index (χ0n) is 12.6. The number of benzene rings is 2. The minimum absolute atomic E-state index is 0.0494. The molecule has 0 heterocycles. The van der Waals surface area contributed by atoms with Crippen molar-refractivity contribution in [2.45, 2.75) is 12.8 Å². The van der Waals surface area contributed by atoms with Crippen LogP contribution in [0.2, 0.25) is 0 Å². The number of hydrogen-bond donors (Lipinski definition) is 3. The maximum absolute atomic E-state index is 11.9. The standard InChI is InChI=1S/C17H15BrN2O4/c18-12-3-7-14(8-4-12)20-17(24)19-13-5-1-11(2-6-13)15(21)9-10-16(22)23/h1-8H,9-10H2,(H,22,23)(H2,19,20,24). The number of carboxylic acids is 1. The van der Waals surface area contributed by atoms with E-state index >= 15 is 0 Å². The summed E-state index contributed by atoms with van der Waals surface area (Å²) in [6.45, 7) is 0. The van der Waals surface area contributed by atoms with E-state index in [2.05, 4.69) is 26.6 Å². The fraction of sp³-hybridized carbons (Fsp3) is 0.118. The number of aliphatic carboxylic acids is 1. The molecular weight excluding hydrogens is 376 g/mol. The van der Waals surface area contributed by atoms with Gasteiger partial charge < -0.3 is 15.7 Å². The third kappa shape index (κ3) is 5.51. The molecule has 0 aliphatic carbocycles. The van der Waals surface area contributed by atoms with E-state index in [-0.39, 0.29) is 18.6 Å². The van der Waals surface area contributed by atoms with E-state index < -0.39 is 12.0 Å². The van der Waals surface area contributed by atoms with Crippen LogP contribution in [0.5, 0.6) is 0 Å². The molecule has 0 aromatic heterocycles. The van der Waals surface area contributed by atoms with Gasteiger partial charge in [0.05, 0.1) is 6.42 Å². The molecule has 2 amide bonds. The van der Waals surface area contributed by atoms with Crippen LogP contribution in [0.4, 0.5) is 16.2 Å². The van der Waals surface area contributed by atoms with E-state index in [9.17, 15) is 14.4 Å². The Labute approximate surface area is 147 Å². The van der Waals surface area contributed by atoms with Gasteiger partial charge in [-0.2, -0.15) is 0 Å². The van der Waals surface area contributed by atoms with Gasteiger partial charge >= 0.3 is 12.0 Å². The molecule has 2 rings (SSSR count). The Balaban J connectivity index is 1.91. The Kier molecular flexibility index (Phi) is 6.08. The van der Waals surface area contributed by atoms with Crippen molar-refractivity contribution in [3.8, 4) is 0 Å². The van der Waals surface area contributed by atoms with Gasteiger partial charge in [-0.05, 0) is 48.5 Å². The van der Waals surface area contributed by atoms with Crippen LogP contribution < -0.4 is 10.6 Å². The second-order valence-corrected chi connectivity index (χ2v) is 5.90. The van der Waals surface area contributed by atoms with Crippen molar-refractivity contribution in [3.05, 3.63) is 58.6 Å². The van der Waals surface area contributed by atoms with E-state index in [1.807, 2.05) is 12.1 Å². The first-order valence-electron chi connectivity index (χ1n) is 7.12. The fourth-order valence-corrected chi connectivity index (χ4v) is 2.20. The van der Waals surface area contributed by atoms with Crippen LogP contribution >= 0.6 is 15.9 Å². The molecule has 0 fully saturated rings. The van der Waals surface area contributed by atoms with Gasteiger partial charge in [0, 0.05) is 27.8 Å². The number of carboxylic acid groups (broad SMARTS) is 1. The lowest BCUT2D eigenvalue weighted by atomic mass is 10.1. The van der Waals surface area contributed by atoms with Crippen LogP contribution in [0.3, 0.4) is 0 Å². The molecule has 0 unspecified atom stereocenters. The number of Topliss-reactive ketones (excluding diaryl/α,β-unsaturated/α-hetero) is 1. The Morgan fingerprint density at radius 3 is 1.83 bits per heavy atom. The number of ketones is 1. The Bertz CT molecular complexity index is 742. The molecule has 2 aromatic carbocycles. The van der Waals surface area contributed by atoms with Crippen molar-refractivity contribution in [1.82, 2.24) is 0 Å². The van der Waals surface area contributed by atoms with Gasteiger partial charge in [-0.1, -0.05) is 15.9 Å². The Morgan fingerprint density at radius 2 is 1.33 bits per heavy atom.